The lowest BCUT2D eigenvalue weighted by molar-refractivity contribution is -0.129. The highest BCUT2D eigenvalue weighted by Gasteiger charge is 2.34. The Morgan fingerprint density at radius 2 is 1.63 bits per heavy atom. The lowest BCUT2D eigenvalue weighted by atomic mass is 9.81. The number of hydrogen-bond acceptors (Lipinski definition) is 5. The van der Waals surface area contributed by atoms with Gasteiger partial charge in [-0.1, -0.05) is 56.4 Å². The average molecular weight is 537 g/mol. The number of piperidine rings is 2. The van der Waals surface area contributed by atoms with E-state index in [0.717, 1.165) is 62.2 Å². The number of likely N-dealkylation sites (tertiary alicyclic amines) is 1. The largest absolute Gasteiger partial charge is 0.338 e. The molecule has 0 spiro atoms. The number of hydrogen-bond donors (Lipinski definition) is 2. The van der Waals surface area contributed by atoms with Crippen LogP contribution in [0.2, 0.25) is 0 Å². The molecule has 5 rings (SSSR count). The zero-order valence-corrected chi connectivity index (χ0v) is 23.3. The number of sulfonamides is 1. The average Bonchev–Trinajstić information content (AvgIpc) is 3.05. The van der Waals surface area contributed by atoms with Crippen molar-refractivity contribution in [1.82, 2.24) is 20.1 Å². The van der Waals surface area contributed by atoms with Gasteiger partial charge in [0, 0.05) is 32.7 Å². The van der Waals surface area contributed by atoms with Gasteiger partial charge in [0.2, 0.25) is 10.0 Å². The Morgan fingerprint density at radius 1 is 0.947 bits per heavy atom. The molecule has 4 aliphatic rings. The lowest BCUT2D eigenvalue weighted by Crippen LogP contribution is -2.44. The number of amides is 1. The minimum absolute atomic E-state index is 0.0829. The Balaban J connectivity index is 1.37. The van der Waals surface area contributed by atoms with Gasteiger partial charge < -0.3 is 10.3 Å². The summed E-state index contributed by atoms with van der Waals surface area (Å²) in [5.74, 6) is 1.65. The third-order valence-electron chi connectivity index (χ3n) is 8.28. The molecule has 0 aromatic heterocycles. The van der Waals surface area contributed by atoms with Crippen LogP contribution in [-0.4, -0.2) is 56.3 Å². The number of allylic oxidation sites excluding steroid dienone is 5. The summed E-state index contributed by atoms with van der Waals surface area (Å²) >= 11 is 0. The van der Waals surface area contributed by atoms with E-state index in [1.54, 1.807) is 28.6 Å². The van der Waals surface area contributed by atoms with E-state index in [2.05, 4.69) is 36.9 Å². The number of rotatable bonds is 4. The number of nitrogens with one attached hydrogen (secondary N) is 2. The molecule has 1 aromatic carbocycles. The predicted molar refractivity (Wildman–Crippen MR) is 150 cm³/mol. The van der Waals surface area contributed by atoms with Crippen molar-refractivity contribution in [3.8, 4) is 0 Å². The maximum absolute atomic E-state index is 14.0. The molecule has 2 N–H and O–H groups in total. The van der Waals surface area contributed by atoms with Crippen LogP contribution < -0.4 is 10.9 Å². The topological polar surface area (TPSA) is 81.8 Å². The monoisotopic (exact) mass is 536 g/mol. The van der Waals surface area contributed by atoms with E-state index in [0.29, 0.717) is 35.7 Å². The molecule has 3 atom stereocenters. The van der Waals surface area contributed by atoms with Crippen LogP contribution in [0.1, 0.15) is 39.5 Å². The van der Waals surface area contributed by atoms with E-state index >= 15 is 0 Å². The van der Waals surface area contributed by atoms with Crippen molar-refractivity contribution in [3.05, 3.63) is 77.6 Å². The summed E-state index contributed by atoms with van der Waals surface area (Å²) in [6, 6.07) is 8.71. The number of carbonyl (C=O) groups is 1. The second kappa shape index (κ2) is 11.6. The van der Waals surface area contributed by atoms with E-state index in [-0.39, 0.29) is 11.8 Å². The second-order valence-electron chi connectivity index (χ2n) is 11.3. The molecule has 0 saturated carbocycles. The minimum atomic E-state index is -3.48. The Hall–Kier alpha value is -2.68. The Kier molecular flexibility index (Phi) is 8.21. The quantitative estimate of drug-likeness (QED) is 0.608. The number of nitrogens with zero attached hydrogens (tertiary/aromatic N) is 2. The Labute approximate surface area is 227 Å². The number of benzene rings is 1. The van der Waals surface area contributed by atoms with E-state index in [1.165, 1.54) is 0 Å². The van der Waals surface area contributed by atoms with Gasteiger partial charge in [-0.3, -0.25) is 4.79 Å². The van der Waals surface area contributed by atoms with Gasteiger partial charge in [-0.05, 0) is 73.1 Å². The molecule has 3 unspecified atom stereocenters. The van der Waals surface area contributed by atoms with Crippen LogP contribution in [0.25, 0.3) is 0 Å². The molecule has 7 nitrogen and oxygen atoms in total. The third-order valence-corrected chi connectivity index (χ3v) is 10.2. The number of hydrazine groups is 1. The van der Waals surface area contributed by atoms with Crippen molar-refractivity contribution in [3.63, 3.8) is 0 Å². The molecule has 2 fully saturated rings. The molecule has 3 heterocycles. The molecular weight excluding hydrogens is 496 g/mol. The molecular formula is C30H40N4O3S. The number of fused-ring (bicyclic) bond motifs is 1. The zero-order valence-electron chi connectivity index (χ0n) is 22.5. The van der Waals surface area contributed by atoms with Crippen molar-refractivity contribution in [2.75, 3.05) is 32.7 Å². The Bertz CT molecular complexity index is 1230. The van der Waals surface area contributed by atoms with Gasteiger partial charge in [0.15, 0.2) is 0 Å². The third kappa shape index (κ3) is 5.82. The fourth-order valence-electron chi connectivity index (χ4n) is 6.47. The fourth-order valence-corrected chi connectivity index (χ4v) is 7.96. The van der Waals surface area contributed by atoms with Gasteiger partial charge in [-0.25, -0.2) is 13.8 Å². The van der Waals surface area contributed by atoms with Crippen LogP contribution in [0.15, 0.2) is 82.5 Å². The van der Waals surface area contributed by atoms with Gasteiger partial charge in [-0.15, -0.1) is 0 Å². The van der Waals surface area contributed by atoms with Crippen LogP contribution in [0.3, 0.4) is 0 Å². The molecule has 1 aromatic rings. The SMILES string of the molecule is CC1CC(C)CN(C(=O)C2=C3C=CC=C/C2=C\C(C2CCN(S(=O)(=O)c4ccccc4)CC2)CCNN3)C1. The van der Waals surface area contributed by atoms with Crippen LogP contribution in [-0.2, 0) is 14.8 Å². The van der Waals surface area contributed by atoms with Crippen LogP contribution >= 0.6 is 0 Å². The van der Waals surface area contributed by atoms with Crippen LogP contribution in [0, 0.1) is 23.7 Å². The molecule has 38 heavy (non-hydrogen) atoms. The van der Waals surface area contributed by atoms with Gasteiger partial charge in [0.25, 0.3) is 5.91 Å². The molecule has 0 radical (unpaired) electrons. The summed E-state index contributed by atoms with van der Waals surface area (Å²) in [6.07, 6.45) is 14.0. The standard InChI is InChI=1S/C30H40N4O3S/c1-22-18-23(2)21-33(20-22)30(35)29-26-8-6-7-11-28(29)32-31-15-12-25(19-26)24-13-16-34(17-14-24)38(36,37)27-9-4-3-5-10-27/h3-11,19,22-25,31-32H,12-18,20-21H2,1-2H3/b26-19+. The summed E-state index contributed by atoms with van der Waals surface area (Å²) in [5.41, 5.74) is 9.15. The smallest absolute Gasteiger partial charge is 0.256 e. The summed E-state index contributed by atoms with van der Waals surface area (Å²) in [4.78, 5) is 16.4. The minimum Gasteiger partial charge on any atom is -0.338 e. The highest BCUT2D eigenvalue weighted by molar-refractivity contribution is 7.89. The molecule has 204 valence electrons. The second-order valence-corrected chi connectivity index (χ2v) is 13.3. The molecule has 8 heteroatoms. The molecule has 1 amide bonds. The van der Waals surface area contributed by atoms with Gasteiger partial charge in [0.05, 0.1) is 16.2 Å². The van der Waals surface area contributed by atoms with Crippen molar-refractivity contribution in [2.45, 2.75) is 44.4 Å². The molecule has 2 saturated heterocycles. The first kappa shape index (κ1) is 26.9. The van der Waals surface area contributed by atoms with Gasteiger partial charge >= 0.3 is 0 Å². The normalized spacial score (nSPS) is 28.9. The van der Waals surface area contributed by atoms with E-state index in [1.807, 2.05) is 29.2 Å². The van der Waals surface area contributed by atoms with Crippen molar-refractivity contribution < 1.29 is 13.2 Å². The lowest BCUT2D eigenvalue weighted by Gasteiger charge is -2.36. The van der Waals surface area contributed by atoms with Gasteiger partial charge in [0.1, 0.15) is 0 Å². The highest BCUT2D eigenvalue weighted by Crippen LogP contribution is 2.34. The van der Waals surface area contributed by atoms with Crippen molar-refractivity contribution >= 4 is 15.9 Å². The van der Waals surface area contributed by atoms with Crippen molar-refractivity contribution in [1.29, 1.82) is 0 Å². The first-order chi connectivity index (χ1) is 18.3. The summed E-state index contributed by atoms with van der Waals surface area (Å²) in [5, 5.41) is 0. The van der Waals surface area contributed by atoms with Gasteiger partial charge in [-0.2, -0.15) is 4.31 Å². The van der Waals surface area contributed by atoms with Crippen LogP contribution in [0.4, 0.5) is 0 Å². The maximum atomic E-state index is 14.0. The molecule has 2 bridgehead atoms. The highest BCUT2D eigenvalue weighted by atomic mass is 32.2. The summed E-state index contributed by atoms with van der Waals surface area (Å²) < 4.78 is 27.9. The van der Waals surface area contributed by atoms with E-state index < -0.39 is 10.0 Å². The molecule has 3 aliphatic heterocycles. The fraction of sp³-hybridized carbons (Fsp3) is 0.500. The summed E-state index contributed by atoms with van der Waals surface area (Å²) in [6.45, 7) is 7.81. The summed E-state index contributed by atoms with van der Waals surface area (Å²) in [7, 11) is -3.48. The first-order valence-electron chi connectivity index (χ1n) is 14.0. The Morgan fingerprint density at radius 3 is 2.34 bits per heavy atom. The maximum Gasteiger partial charge on any atom is 0.256 e. The first-order valence-corrected chi connectivity index (χ1v) is 15.4. The number of carbonyl (C=O) groups excluding carboxylic acids is 1. The zero-order chi connectivity index (χ0) is 26.7. The van der Waals surface area contributed by atoms with E-state index in [4.69, 9.17) is 0 Å². The van der Waals surface area contributed by atoms with E-state index in [9.17, 15) is 13.2 Å². The molecule has 1 aliphatic carbocycles. The van der Waals surface area contributed by atoms with Crippen molar-refractivity contribution in [2.24, 2.45) is 23.7 Å². The van der Waals surface area contributed by atoms with Crippen LogP contribution in [0.5, 0.6) is 0 Å². The predicted octanol–water partition coefficient (Wildman–Crippen LogP) is 4.01.